The summed E-state index contributed by atoms with van der Waals surface area (Å²) in [5, 5.41) is 10.4. The van der Waals surface area contributed by atoms with Crippen LogP contribution in [0.3, 0.4) is 0 Å². The smallest absolute Gasteiger partial charge is 0.232 e. The van der Waals surface area contributed by atoms with Gasteiger partial charge in [-0.2, -0.15) is 5.10 Å². The summed E-state index contributed by atoms with van der Waals surface area (Å²) < 4.78 is 10.8. The second kappa shape index (κ2) is 8.61. The number of nitrogens with one attached hydrogen (secondary N) is 2. The third-order valence-corrected chi connectivity index (χ3v) is 4.78. The minimum absolute atomic E-state index is 0.0682. The van der Waals surface area contributed by atoms with Gasteiger partial charge in [0, 0.05) is 5.56 Å². The van der Waals surface area contributed by atoms with Crippen LogP contribution in [-0.4, -0.2) is 30.3 Å². The Kier molecular flexibility index (Phi) is 5.99. The second-order valence-corrected chi connectivity index (χ2v) is 6.50. The molecule has 0 saturated carbocycles. The summed E-state index contributed by atoms with van der Waals surface area (Å²) in [6.07, 6.45) is 0.699. The lowest BCUT2D eigenvalue weighted by Crippen LogP contribution is -2.21. The van der Waals surface area contributed by atoms with Gasteiger partial charge in [0.1, 0.15) is 17.2 Å². The van der Waals surface area contributed by atoms with Gasteiger partial charge >= 0.3 is 0 Å². The van der Waals surface area contributed by atoms with E-state index < -0.39 is 0 Å². The monoisotopic (exact) mass is 379 g/mol. The molecule has 0 fully saturated rings. The van der Waals surface area contributed by atoms with E-state index in [1.807, 2.05) is 62.4 Å². The Balaban J connectivity index is 1.97. The molecule has 1 aromatic heterocycles. The lowest BCUT2D eigenvalue weighted by molar-refractivity contribution is -0.117. The van der Waals surface area contributed by atoms with E-state index >= 15 is 0 Å². The first-order valence-corrected chi connectivity index (χ1v) is 9.22. The Morgan fingerprint density at radius 1 is 1.14 bits per heavy atom. The molecule has 0 unspecified atom stereocenters. The standard InChI is InChI=1S/C22H25N3O3/c1-5-17(15-9-7-6-8-10-15)22(26)23-20-14(2)24-25-21(20)18-13-16(27-3)11-12-19(18)28-4/h6-13,17H,5H2,1-4H3,(H,23,26)(H,24,25)/t17-/m1/s1. The van der Waals surface area contributed by atoms with Gasteiger partial charge < -0.3 is 14.8 Å². The van der Waals surface area contributed by atoms with Crippen molar-refractivity contribution in [2.45, 2.75) is 26.2 Å². The van der Waals surface area contributed by atoms with Crippen LogP contribution in [0, 0.1) is 6.92 Å². The highest BCUT2D eigenvalue weighted by Gasteiger charge is 2.23. The van der Waals surface area contributed by atoms with Gasteiger partial charge in [0.25, 0.3) is 0 Å². The minimum atomic E-state index is -0.240. The van der Waals surface area contributed by atoms with Crippen LogP contribution in [0.2, 0.25) is 0 Å². The first-order valence-electron chi connectivity index (χ1n) is 9.22. The molecule has 0 radical (unpaired) electrons. The molecular formula is C22H25N3O3. The lowest BCUT2D eigenvalue weighted by atomic mass is 9.95. The fourth-order valence-electron chi connectivity index (χ4n) is 3.24. The predicted octanol–water partition coefficient (Wildman–Crippen LogP) is 4.53. The van der Waals surface area contributed by atoms with E-state index in [2.05, 4.69) is 15.5 Å². The third kappa shape index (κ3) is 3.86. The van der Waals surface area contributed by atoms with Crippen molar-refractivity contribution in [1.82, 2.24) is 10.2 Å². The highest BCUT2D eigenvalue weighted by Crippen LogP contribution is 2.38. The summed E-state index contributed by atoms with van der Waals surface area (Å²) in [5.41, 5.74) is 3.77. The van der Waals surface area contributed by atoms with Crippen LogP contribution in [-0.2, 0) is 4.79 Å². The van der Waals surface area contributed by atoms with Crippen molar-refractivity contribution in [3.63, 3.8) is 0 Å². The van der Waals surface area contributed by atoms with Crippen molar-refractivity contribution < 1.29 is 14.3 Å². The molecule has 1 atom stereocenters. The van der Waals surface area contributed by atoms with E-state index in [0.717, 1.165) is 16.8 Å². The van der Waals surface area contributed by atoms with Gasteiger partial charge in [-0.3, -0.25) is 9.89 Å². The zero-order valence-electron chi connectivity index (χ0n) is 16.6. The molecule has 146 valence electrons. The number of hydrogen-bond donors (Lipinski definition) is 2. The van der Waals surface area contributed by atoms with Crippen LogP contribution >= 0.6 is 0 Å². The van der Waals surface area contributed by atoms with Crippen LogP contribution in [0.15, 0.2) is 48.5 Å². The summed E-state index contributed by atoms with van der Waals surface area (Å²) in [6.45, 7) is 3.88. The minimum Gasteiger partial charge on any atom is -0.497 e. The van der Waals surface area contributed by atoms with Gasteiger partial charge in [0.15, 0.2) is 0 Å². The highest BCUT2D eigenvalue weighted by atomic mass is 16.5. The number of benzene rings is 2. The van der Waals surface area contributed by atoms with Crippen molar-refractivity contribution in [2.75, 3.05) is 19.5 Å². The van der Waals surface area contributed by atoms with Crippen LogP contribution in [0.1, 0.15) is 30.5 Å². The van der Waals surface area contributed by atoms with Crippen molar-refractivity contribution >= 4 is 11.6 Å². The molecule has 1 heterocycles. The van der Waals surface area contributed by atoms with Crippen LogP contribution in [0.5, 0.6) is 11.5 Å². The molecular weight excluding hydrogens is 354 g/mol. The molecule has 2 N–H and O–H groups in total. The fourth-order valence-corrected chi connectivity index (χ4v) is 3.24. The van der Waals surface area contributed by atoms with Crippen molar-refractivity contribution in [2.24, 2.45) is 0 Å². The maximum Gasteiger partial charge on any atom is 0.232 e. The highest BCUT2D eigenvalue weighted by molar-refractivity contribution is 5.99. The normalized spacial score (nSPS) is 11.7. The summed E-state index contributed by atoms with van der Waals surface area (Å²) in [4.78, 5) is 13.0. The molecule has 1 amide bonds. The predicted molar refractivity (Wildman–Crippen MR) is 110 cm³/mol. The molecule has 2 aromatic carbocycles. The molecule has 3 rings (SSSR count). The maximum atomic E-state index is 13.0. The number of ether oxygens (including phenoxy) is 2. The summed E-state index contributed by atoms with van der Waals surface area (Å²) in [6, 6.07) is 15.3. The number of carbonyl (C=O) groups excluding carboxylic acids is 1. The van der Waals surface area contributed by atoms with Gasteiger partial charge in [0.2, 0.25) is 5.91 Å². The molecule has 0 spiro atoms. The Morgan fingerprint density at radius 3 is 2.54 bits per heavy atom. The van der Waals surface area contributed by atoms with Crippen LogP contribution in [0.4, 0.5) is 5.69 Å². The van der Waals surface area contributed by atoms with Gasteiger partial charge in [-0.25, -0.2) is 0 Å². The number of carbonyl (C=O) groups is 1. The number of aryl methyl sites for hydroxylation is 1. The number of amides is 1. The van der Waals surface area contributed by atoms with E-state index in [0.29, 0.717) is 29.3 Å². The third-order valence-electron chi connectivity index (χ3n) is 4.78. The molecule has 6 heteroatoms. The molecule has 0 saturated heterocycles. The van der Waals surface area contributed by atoms with E-state index in [1.165, 1.54) is 0 Å². The SMILES string of the molecule is CC[C@@H](C(=O)Nc1c(-c2cc(OC)ccc2OC)n[nH]c1C)c1ccccc1. The fraction of sp³-hybridized carbons (Fsp3) is 0.273. The number of aromatic amines is 1. The van der Waals surface area contributed by atoms with E-state index in [4.69, 9.17) is 9.47 Å². The molecule has 0 aliphatic rings. The zero-order valence-corrected chi connectivity index (χ0v) is 16.6. The van der Waals surface area contributed by atoms with Gasteiger partial charge in [-0.15, -0.1) is 0 Å². The summed E-state index contributed by atoms with van der Waals surface area (Å²) in [7, 11) is 3.21. The largest absolute Gasteiger partial charge is 0.497 e. The molecule has 3 aromatic rings. The number of hydrogen-bond acceptors (Lipinski definition) is 4. The second-order valence-electron chi connectivity index (χ2n) is 6.50. The lowest BCUT2D eigenvalue weighted by Gasteiger charge is -2.16. The zero-order chi connectivity index (χ0) is 20.1. The number of rotatable bonds is 7. The topological polar surface area (TPSA) is 76.2 Å². The molecule has 0 aliphatic heterocycles. The Labute approximate surface area is 164 Å². The molecule has 28 heavy (non-hydrogen) atoms. The Bertz CT molecular complexity index is 951. The van der Waals surface area contributed by atoms with Gasteiger partial charge in [-0.05, 0) is 37.1 Å². The van der Waals surface area contributed by atoms with E-state index in [1.54, 1.807) is 14.2 Å². The Morgan fingerprint density at radius 2 is 1.89 bits per heavy atom. The number of aromatic nitrogens is 2. The first-order chi connectivity index (χ1) is 13.6. The van der Waals surface area contributed by atoms with Crippen LogP contribution in [0.25, 0.3) is 11.3 Å². The quantitative estimate of drug-likeness (QED) is 0.632. The average Bonchev–Trinajstić information content (AvgIpc) is 3.09. The summed E-state index contributed by atoms with van der Waals surface area (Å²) in [5.74, 6) is 1.03. The van der Waals surface area contributed by atoms with Crippen molar-refractivity contribution in [3.8, 4) is 22.8 Å². The number of anilines is 1. The molecule has 0 bridgehead atoms. The van der Waals surface area contributed by atoms with Gasteiger partial charge in [0.05, 0.1) is 31.5 Å². The number of nitrogens with zero attached hydrogens (tertiary/aromatic N) is 1. The van der Waals surface area contributed by atoms with Gasteiger partial charge in [-0.1, -0.05) is 37.3 Å². The maximum absolute atomic E-state index is 13.0. The Hall–Kier alpha value is -3.28. The average molecular weight is 379 g/mol. The molecule has 0 aliphatic carbocycles. The van der Waals surface area contributed by atoms with E-state index in [-0.39, 0.29) is 11.8 Å². The first kappa shape index (κ1) is 19.5. The van der Waals surface area contributed by atoms with Crippen molar-refractivity contribution in [3.05, 3.63) is 59.8 Å². The number of H-pyrrole nitrogens is 1. The number of methoxy groups -OCH3 is 2. The van der Waals surface area contributed by atoms with E-state index in [9.17, 15) is 4.79 Å². The molecule has 6 nitrogen and oxygen atoms in total. The van der Waals surface area contributed by atoms with Crippen molar-refractivity contribution in [1.29, 1.82) is 0 Å². The summed E-state index contributed by atoms with van der Waals surface area (Å²) >= 11 is 0. The van der Waals surface area contributed by atoms with Crippen LogP contribution < -0.4 is 14.8 Å².